The number of fused-ring (bicyclic) bond motifs is 37. The third-order valence-electron chi connectivity index (χ3n) is 30.7. The molecule has 0 nitrogen and oxygen atoms in total. The van der Waals surface area contributed by atoms with Gasteiger partial charge in [0.25, 0.3) is 0 Å². The number of allylic oxidation sites excluding steroid dienone is 5. The van der Waals surface area contributed by atoms with E-state index in [-0.39, 0.29) is 0 Å². The highest BCUT2D eigenvalue weighted by Gasteiger charge is 2.32. The number of hydrogen-bond donors (Lipinski definition) is 0. The molecule has 0 fully saturated rings. The van der Waals surface area contributed by atoms with Gasteiger partial charge in [0, 0.05) is 0 Å². The molecular formula is C128H102. The van der Waals surface area contributed by atoms with Crippen molar-refractivity contribution in [2.75, 3.05) is 0 Å². The minimum Gasteiger partial charge on any atom is -0.0795 e. The molecule has 0 amide bonds. The van der Waals surface area contributed by atoms with Gasteiger partial charge in [0.1, 0.15) is 0 Å². The van der Waals surface area contributed by atoms with Gasteiger partial charge in [-0.1, -0.05) is 340 Å². The van der Waals surface area contributed by atoms with Crippen LogP contribution in [0.15, 0.2) is 322 Å². The fraction of sp³-hybridized carbons (Fsp3) is 0.172. The minimum absolute atomic E-state index is 1.10. The SMILES string of the molecule is C1=Cc2c(ccc3c2Cc2ccccc2-3)C1.C1=Cc2cc3c(cc2C1)-c1ccccc1C3.C1=Cc2cc3c(cc2C1)Cc1ccccc1-3.C1=Cc2ccc3c(c2C1)-c1ccccc1C3.C1=Cc2ccc3c(c2C1)Cc1ccccc1-3.c1ccc2c(c1)Cc1c-2ccc2c1CCC2.c1ccc2c(c1)Cc1cc3c(cc1-2)CCC3.c1ccc2c(c1)Cc1ccc3c(c1-2)CCC3. The highest BCUT2D eigenvalue weighted by Crippen LogP contribution is 2.50. The highest BCUT2D eigenvalue weighted by molar-refractivity contribution is 5.89. The molecule has 0 aliphatic heterocycles. The van der Waals surface area contributed by atoms with E-state index in [1.807, 2.05) is 0 Å². The number of hydrogen-bond acceptors (Lipinski definition) is 0. The van der Waals surface area contributed by atoms with Gasteiger partial charge in [-0.2, -0.15) is 0 Å². The molecule has 0 saturated carbocycles. The van der Waals surface area contributed by atoms with Gasteiger partial charge >= 0.3 is 0 Å². The summed E-state index contributed by atoms with van der Waals surface area (Å²) in [5.41, 5.74) is 72.1. The average Bonchev–Trinajstić information content (AvgIpc) is 1.62. The molecule has 16 aliphatic carbocycles. The first-order valence-electron chi connectivity index (χ1n) is 47.6. The summed E-state index contributed by atoms with van der Waals surface area (Å²) in [6.45, 7) is 0. The molecule has 16 aromatic carbocycles. The predicted molar refractivity (Wildman–Crippen MR) is 537 cm³/mol. The predicted octanol–water partition coefficient (Wildman–Crippen LogP) is 30.4. The van der Waals surface area contributed by atoms with Gasteiger partial charge < -0.3 is 0 Å². The van der Waals surface area contributed by atoms with Crippen LogP contribution in [-0.4, -0.2) is 0 Å². The largest absolute Gasteiger partial charge is 0.0795 e. The van der Waals surface area contributed by atoms with E-state index in [9.17, 15) is 0 Å². The third kappa shape index (κ3) is 13.6. The molecule has 128 heavy (non-hydrogen) atoms. The maximum absolute atomic E-state index is 2.46. The summed E-state index contributed by atoms with van der Waals surface area (Å²) >= 11 is 0. The summed E-state index contributed by atoms with van der Waals surface area (Å²) in [4.78, 5) is 0. The first-order valence-corrected chi connectivity index (χ1v) is 47.6. The molecule has 16 aromatic rings. The highest BCUT2D eigenvalue weighted by atomic mass is 14.4. The van der Waals surface area contributed by atoms with E-state index < -0.39 is 0 Å². The van der Waals surface area contributed by atoms with Gasteiger partial charge in [0.15, 0.2) is 0 Å². The zero-order valence-electron chi connectivity index (χ0n) is 73.0. The summed E-state index contributed by atoms with van der Waals surface area (Å²) in [5.74, 6) is 0. The molecule has 0 spiro atoms. The molecule has 0 saturated heterocycles. The van der Waals surface area contributed by atoms with Crippen LogP contribution in [0.4, 0.5) is 0 Å². The van der Waals surface area contributed by atoms with E-state index in [1.54, 1.807) is 66.8 Å². The van der Waals surface area contributed by atoms with Crippen molar-refractivity contribution >= 4 is 30.4 Å². The first kappa shape index (κ1) is 76.6. The van der Waals surface area contributed by atoms with E-state index in [0.29, 0.717) is 0 Å². The Balaban J connectivity index is 0.0000000793. The Bertz CT molecular complexity index is 7300. The summed E-state index contributed by atoms with van der Waals surface area (Å²) in [7, 11) is 0. The van der Waals surface area contributed by atoms with Gasteiger partial charge in [-0.05, 0) is 420 Å². The second-order valence-corrected chi connectivity index (χ2v) is 37.9. The van der Waals surface area contributed by atoms with Crippen LogP contribution < -0.4 is 0 Å². The van der Waals surface area contributed by atoms with Crippen molar-refractivity contribution in [1.82, 2.24) is 0 Å². The Morgan fingerprint density at radius 3 is 1.04 bits per heavy atom. The molecule has 0 radical (unpaired) electrons. The fourth-order valence-corrected chi connectivity index (χ4v) is 24.6. The monoisotopic (exact) mass is 1640 g/mol. The van der Waals surface area contributed by atoms with Crippen molar-refractivity contribution in [3.8, 4) is 89.0 Å². The average molecular weight is 1640 g/mol. The maximum Gasteiger partial charge on any atom is -0.000740 e. The third-order valence-corrected chi connectivity index (χ3v) is 30.7. The van der Waals surface area contributed by atoms with Crippen LogP contribution in [0.3, 0.4) is 0 Å². The molecule has 0 heteroatoms. The van der Waals surface area contributed by atoms with Gasteiger partial charge in [0.2, 0.25) is 0 Å². The van der Waals surface area contributed by atoms with Gasteiger partial charge in [-0.3, -0.25) is 0 Å². The molecule has 16 aliphatic rings. The lowest BCUT2D eigenvalue weighted by atomic mass is 9.96. The van der Waals surface area contributed by atoms with Gasteiger partial charge in [-0.25, -0.2) is 0 Å². The zero-order valence-corrected chi connectivity index (χ0v) is 73.0. The number of benzene rings is 16. The smallest absolute Gasteiger partial charge is 0.000740 e. The van der Waals surface area contributed by atoms with Crippen molar-refractivity contribution in [3.63, 3.8) is 0 Å². The Morgan fingerprint density at radius 1 is 0.141 bits per heavy atom. The normalized spacial score (nSPS) is 15.1. The van der Waals surface area contributed by atoms with E-state index in [2.05, 4.69) is 352 Å². The van der Waals surface area contributed by atoms with E-state index in [0.717, 1.165) is 83.5 Å². The molecule has 0 aromatic heterocycles. The van der Waals surface area contributed by atoms with Gasteiger partial charge in [0.05, 0.1) is 0 Å². The van der Waals surface area contributed by atoms with Crippen LogP contribution in [0.25, 0.3) is 119 Å². The van der Waals surface area contributed by atoms with E-state index >= 15 is 0 Å². The van der Waals surface area contributed by atoms with Crippen molar-refractivity contribution in [2.24, 2.45) is 0 Å². The van der Waals surface area contributed by atoms with Crippen molar-refractivity contribution in [3.05, 3.63) is 500 Å². The standard InChI is InChI=1S/C16H14.2C16H12.C16H14.C16H12.C16H14.2C16H12/c3*1-2-7-15-13(4-1)9-14-8-11-5-3-6-12(11)10-16(14)15;2*1-2-6-15-12(4-1)10-13-9-8-11-5-3-7-14(11)16(13)15;3*1-2-6-14-12(4-1)10-16-13-7-3-5-11(13)8-9-15(14)16/h1-2,4,7-8,10H,3,5-6,9H2;1-4,6-8,10H,5,9H2;1-5,7-8,10H,6,9H2;1-2,4,6,8-9H,3,5,7,10H2;1-6,8-9H,7,10H2;1-2,4,6,8-9H,3,5,7,10H2;1-4,6-9H,5,10H2;1-6,8-9H,7,10H2. The topological polar surface area (TPSA) is 0 Å². The summed E-state index contributed by atoms with van der Waals surface area (Å²) in [6, 6.07) is 108. The summed E-state index contributed by atoms with van der Waals surface area (Å²) in [6.07, 6.45) is 48.9. The Labute approximate surface area is 754 Å². The lowest BCUT2D eigenvalue weighted by molar-refractivity contribution is 0.908. The lowest BCUT2D eigenvalue weighted by Gasteiger charge is -2.08. The molecule has 0 unspecified atom stereocenters. The molecule has 0 N–H and O–H groups in total. The molecule has 0 heterocycles. The van der Waals surface area contributed by atoms with E-state index in [4.69, 9.17) is 0 Å². The minimum atomic E-state index is 1.10. The molecule has 0 bridgehead atoms. The zero-order chi connectivity index (χ0) is 84.3. The number of rotatable bonds is 0. The fourth-order valence-electron chi connectivity index (χ4n) is 24.6. The van der Waals surface area contributed by atoms with Crippen LogP contribution in [0.2, 0.25) is 0 Å². The van der Waals surface area contributed by atoms with Crippen molar-refractivity contribution in [1.29, 1.82) is 0 Å². The Kier molecular flexibility index (Phi) is 19.3. The van der Waals surface area contributed by atoms with Crippen molar-refractivity contribution < 1.29 is 0 Å². The quantitative estimate of drug-likeness (QED) is 0.142. The summed E-state index contributed by atoms with van der Waals surface area (Å²) < 4.78 is 0. The van der Waals surface area contributed by atoms with E-state index in [1.165, 1.54) is 258 Å². The van der Waals surface area contributed by atoms with Crippen molar-refractivity contribution in [2.45, 2.75) is 141 Å². The Hall–Kier alpha value is -13.8. The second-order valence-electron chi connectivity index (χ2n) is 37.9. The molecular weight excluding hydrogens is 1540 g/mol. The van der Waals surface area contributed by atoms with Gasteiger partial charge in [-0.15, -0.1) is 0 Å². The lowest BCUT2D eigenvalue weighted by Crippen LogP contribution is -1.91. The molecule has 32 rings (SSSR count). The van der Waals surface area contributed by atoms with Crippen LogP contribution >= 0.6 is 0 Å². The number of aryl methyl sites for hydroxylation is 4. The summed E-state index contributed by atoms with van der Waals surface area (Å²) in [5, 5.41) is 0. The second kappa shape index (κ2) is 32.3. The van der Waals surface area contributed by atoms with Crippen LogP contribution in [0.5, 0.6) is 0 Å². The van der Waals surface area contributed by atoms with Crippen LogP contribution in [-0.2, 0) is 122 Å². The first-order chi connectivity index (χ1) is 63.4. The van der Waals surface area contributed by atoms with Crippen LogP contribution in [0, 0.1) is 0 Å². The maximum atomic E-state index is 2.46. The molecule has 0 atom stereocenters. The Morgan fingerprint density at radius 2 is 0.461 bits per heavy atom. The molecule has 614 valence electrons. The van der Waals surface area contributed by atoms with Crippen LogP contribution in [0.1, 0.15) is 197 Å².